The number of hydrogen-bond acceptors (Lipinski definition) is 4. The zero-order chi connectivity index (χ0) is 18.6. The van der Waals surface area contributed by atoms with Gasteiger partial charge in [0.15, 0.2) is 11.2 Å². The number of thiophene rings is 1. The molecule has 0 bridgehead atoms. The highest BCUT2D eigenvalue weighted by Crippen LogP contribution is 2.76. The smallest absolute Gasteiger partial charge is 0.293 e. The first-order valence-corrected chi connectivity index (χ1v) is 10.2. The molecule has 2 aliphatic heterocycles. The van der Waals surface area contributed by atoms with Crippen molar-refractivity contribution in [2.24, 2.45) is 10.8 Å². The highest BCUT2D eigenvalue weighted by Gasteiger charge is 2.96. The van der Waals surface area contributed by atoms with Gasteiger partial charge in [0, 0.05) is 28.5 Å². The number of carbonyl (C=O) groups excluding carboxylic acids is 2. The van der Waals surface area contributed by atoms with E-state index in [2.05, 4.69) is 24.4 Å². The molecule has 1 saturated carbocycles. The molecule has 1 aromatic heterocycles. The maximum Gasteiger partial charge on any atom is 0.332 e. The summed E-state index contributed by atoms with van der Waals surface area (Å²) in [4.78, 5) is 27.2. The van der Waals surface area contributed by atoms with Gasteiger partial charge in [0.1, 0.15) is 11.6 Å². The van der Waals surface area contributed by atoms with Gasteiger partial charge in [-0.15, -0.1) is 11.3 Å². The van der Waals surface area contributed by atoms with E-state index >= 15 is 0 Å². The molecule has 5 heteroatoms. The Morgan fingerprint density at radius 3 is 2.62 bits per heavy atom. The van der Waals surface area contributed by atoms with E-state index in [4.69, 9.17) is 0 Å². The fraction of sp³-hybridized carbons (Fsp3) is 0.571. The Morgan fingerprint density at radius 1 is 1.23 bits per heavy atom. The van der Waals surface area contributed by atoms with E-state index in [0.717, 1.165) is 32.4 Å². The maximum atomic E-state index is 13.5. The van der Waals surface area contributed by atoms with Gasteiger partial charge in [0.25, 0.3) is 0 Å². The Balaban J connectivity index is 1.53. The summed E-state index contributed by atoms with van der Waals surface area (Å²) in [5, 5.41) is 11.5. The largest absolute Gasteiger partial charge is 0.332 e. The van der Waals surface area contributed by atoms with Crippen molar-refractivity contribution in [1.29, 1.82) is 5.26 Å². The molecule has 2 aliphatic carbocycles. The average Bonchev–Trinajstić information content (AvgIpc) is 2.98. The van der Waals surface area contributed by atoms with Crippen LogP contribution in [-0.4, -0.2) is 34.8 Å². The van der Waals surface area contributed by atoms with Crippen LogP contribution in [0.2, 0.25) is 0 Å². The minimum Gasteiger partial charge on any atom is -0.293 e. The summed E-state index contributed by atoms with van der Waals surface area (Å²) in [5.74, 6) is 0.311. The van der Waals surface area contributed by atoms with Crippen LogP contribution in [0.4, 0.5) is 0 Å². The molecule has 134 valence electrons. The second-order valence-corrected chi connectivity index (χ2v) is 10.6. The number of quaternary nitrogens is 1. The molecule has 4 atom stereocenters. The summed E-state index contributed by atoms with van der Waals surface area (Å²) in [6.45, 7) is 7.73. The van der Waals surface area contributed by atoms with Gasteiger partial charge in [-0.25, -0.2) is 4.79 Å². The molecule has 3 unspecified atom stereocenters. The van der Waals surface area contributed by atoms with Crippen molar-refractivity contribution in [3.8, 4) is 6.07 Å². The van der Waals surface area contributed by atoms with Crippen LogP contribution in [-0.2, 0) is 15.0 Å². The Morgan fingerprint density at radius 2 is 2.00 bits per heavy atom. The van der Waals surface area contributed by atoms with Crippen molar-refractivity contribution in [3.05, 3.63) is 34.0 Å². The third-order valence-corrected chi connectivity index (χ3v) is 8.88. The van der Waals surface area contributed by atoms with Crippen LogP contribution >= 0.6 is 11.3 Å². The number of amides is 1. The van der Waals surface area contributed by atoms with Crippen molar-refractivity contribution >= 4 is 23.0 Å². The van der Waals surface area contributed by atoms with E-state index in [-0.39, 0.29) is 22.2 Å². The van der Waals surface area contributed by atoms with Gasteiger partial charge in [-0.1, -0.05) is 26.0 Å². The molecule has 0 radical (unpaired) electrons. The SMILES string of the molecule is CC1(C)C[C@]2(C=C(C#N)C1=O)CC[N+]1(C2)C(=O)C2(c3cccs3)CC21C. The Labute approximate surface area is 157 Å². The molecular formula is C21H23N2O2S+. The van der Waals surface area contributed by atoms with Crippen LogP contribution in [0.5, 0.6) is 0 Å². The molecule has 1 aromatic rings. The van der Waals surface area contributed by atoms with E-state index in [9.17, 15) is 14.9 Å². The van der Waals surface area contributed by atoms with Gasteiger partial charge >= 0.3 is 5.91 Å². The Hall–Kier alpha value is -1.77. The molecule has 4 nitrogen and oxygen atoms in total. The lowest BCUT2D eigenvalue weighted by atomic mass is 9.64. The molecule has 1 amide bonds. The Kier molecular flexibility index (Phi) is 2.76. The molecule has 3 fully saturated rings. The normalized spacial score (nSPS) is 45.2. The molecule has 2 saturated heterocycles. The predicted octanol–water partition coefficient (Wildman–Crippen LogP) is 3.34. The number of rotatable bonds is 1. The number of ketones is 1. The van der Waals surface area contributed by atoms with Crippen molar-refractivity contribution in [2.75, 3.05) is 13.1 Å². The summed E-state index contributed by atoms with van der Waals surface area (Å²) >= 11 is 1.69. The molecular weight excluding hydrogens is 344 g/mol. The van der Waals surface area contributed by atoms with Crippen LogP contribution in [0.1, 0.15) is 44.9 Å². The lowest BCUT2D eigenvalue weighted by Crippen LogP contribution is -2.74. The van der Waals surface area contributed by atoms with Crippen LogP contribution in [0, 0.1) is 22.2 Å². The third-order valence-electron chi connectivity index (χ3n) is 7.84. The maximum absolute atomic E-state index is 13.5. The molecule has 0 N–H and O–H groups in total. The van der Waals surface area contributed by atoms with Crippen molar-refractivity contribution in [1.82, 2.24) is 0 Å². The zero-order valence-corrected chi connectivity index (χ0v) is 16.3. The second kappa shape index (κ2) is 4.37. The summed E-state index contributed by atoms with van der Waals surface area (Å²) in [6, 6.07) is 6.25. The fourth-order valence-electron chi connectivity index (χ4n) is 6.61. The molecule has 3 heterocycles. The summed E-state index contributed by atoms with van der Waals surface area (Å²) in [7, 11) is 0. The average molecular weight is 367 g/mol. The molecule has 0 aromatic carbocycles. The first-order chi connectivity index (χ1) is 12.2. The van der Waals surface area contributed by atoms with Crippen molar-refractivity contribution < 1.29 is 14.1 Å². The highest BCUT2D eigenvalue weighted by molar-refractivity contribution is 7.10. The molecule has 4 aliphatic rings. The van der Waals surface area contributed by atoms with Crippen molar-refractivity contribution in [3.63, 3.8) is 0 Å². The first kappa shape index (κ1) is 16.4. The first-order valence-electron chi connectivity index (χ1n) is 9.31. The number of nitrogens with zero attached hydrogens (tertiary/aromatic N) is 2. The monoisotopic (exact) mass is 367 g/mol. The van der Waals surface area contributed by atoms with Gasteiger partial charge < -0.3 is 0 Å². The summed E-state index contributed by atoms with van der Waals surface area (Å²) in [5.41, 5.74) is -0.721. The van der Waals surface area contributed by atoms with E-state index in [1.165, 1.54) is 4.88 Å². The van der Waals surface area contributed by atoms with Crippen LogP contribution < -0.4 is 0 Å². The van der Waals surface area contributed by atoms with Gasteiger partial charge in [-0.2, -0.15) is 5.26 Å². The topological polar surface area (TPSA) is 57.9 Å². The van der Waals surface area contributed by atoms with Crippen LogP contribution in [0.15, 0.2) is 29.2 Å². The van der Waals surface area contributed by atoms with E-state index in [1.807, 2.05) is 26.0 Å². The number of fused-ring (bicyclic) bond motifs is 2. The van der Waals surface area contributed by atoms with E-state index in [0.29, 0.717) is 16.0 Å². The quantitative estimate of drug-likeness (QED) is 0.565. The van der Waals surface area contributed by atoms with E-state index in [1.54, 1.807) is 11.3 Å². The lowest BCUT2D eigenvalue weighted by Gasteiger charge is -2.51. The predicted molar refractivity (Wildman–Crippen MR) is 98.2 cm³/mol. The number of β-lactam (4-membered cyclic amide) rings is 1. The van der Waals surface area contributed by atoms with Crippen molar-refractivity contribution in [2.45, 2.75) is 51.0 Å². The Bertz CT molecular complexity index is 940. The number of Topliss-reactive ketones (excluding diaryl/α,β-unsaturated/α-hetero) is 1. The zero-order valence-electron chi connectivity index (χ0n) is 15.5. The summed E-state index contributed by atoms with van der Waals surface area (Å²) < 4.78 is 0.546. The van der Waals surface area contributed by atoms with Crippen LogP contribution in [0.3, 0.4) is 0 Å². The van der Waals surface area contributed by atoms with E-state index < -0.39 is 5.41 Å². The minimum absolute atomic E-state index is 0.00924. The molecule has 5 rings (SSSR count). The van der Waals surface area contributed by atoms with Gasteiger partial charge in [0.05, 0.1) is 18.7 Å². The number of nitriles is 1. The summed E-state index contributed by atoms with van der Waals surface area (Å²) in [6.07, 6.45) is 4.47. The lowest BCUT2D eigenvalue weighted by molar-refractivity contribution is -0.906. The molecule has 2 spiro atoms. The number of hydrogen-bond donors (Lipinski definition) is 0. The fourth-order valence-corrected chi connectivity index (χ4v) is 7.65. The molecule has 26 heavy (non-hydrogen) atoms. The van der Waals surface area contributed by atoms with Gasteiger partial charge in [-0.3, -0.25) is 9.28 Å². The standard InChI is InChI=1S/C21H23N2O2S/c1-18(2)11-20(9-14(10-22)16(18)24)6-7-23(13-20)17(25)21(12-19(21,23)3)15-5-4-8-26-15/h4-5,8-9H,6-7,11-13H2,1-3H3/q+1/t19?,20-,21?,23?/m1/s1. The van der Waals surface area contributed by atoms with Gasteiger partial charge in [-0.05, 0) is 24.8 Å². The minimum atomic E-state index is -0.530. The number of carbonyl (C=O) groups is 2. The number of allylic oxidation sites excluding steroid dienone is 1. The van der Waals surface area contributed by atoms with Gasteiger partial charge in [0.2, 0.25) is 0 Å². The highest BCUT2D eigenvalue weighted by atomic mass is 32.1. The van der Waals surface area contributed by atoms with Crippen LogP contribution in [0.25, 0.3) is 0 Å². The third kappa shape index (κ3) is 1.52. The second-order valence-electron chi connectivity index (χ2n) is 9.66.